The van der Waals surface area contributed by atoms with Gasteiger partial charge in [-0.1, -0.05) is 37.6 Å². The van der Waals surface area contributed by atoms with E-state index < -0.39 is 6.17 Å². The van der Waals surface area contributed by atoms with E-state index in [9.17, 15) is 4.39 Å². The van der Waals surface area contributed by atoms with Crippen LogP contribution in [0.25, 0.3) is 0 Å². The van der Waals surface area contributed by atoms with Crippen molar-refractivity contribution in [3.8, 4) is 0 Å². The van der Waals surface area contributed by atoms with Gasteiger partial charge in [0.1, 0.15) is 6.17 Å². The van der Waals surface area contributed by atoms with Crippen LogP contribution in [0.5, 0.6) is 0 Å². The van der Waals surface area contributed by atoms with E-state index in [1.807, 2.05) is 26.8 Å². The molecule has 1 rings (SSSR count). The highest BCUT2D eigenvalue weighted by Gasteiger charge is 2.24. The van der Waals surface area contributed by atoms with Crippen LogP contribution in [-0.4, -0.2) is 6.54 Å². The molecule has 2 unspecified atom stereocenters. The summed E-state index contributed by atoms with van der Waals surface area (Å²) in [5.41, 5.74) is 7.20. The molecule has 1 aromatic carbocycles. The van der Waals surface area contributed by atoms with Gasteiger partial charge in [-0.15, -0.1) is 0 Å². The van der Waals surface area contributed by atoms with Gasteiger partial charge in [0.2, 0.25) is 0 Å². The third-order valence-corrected chi connectivity index (χ3v) is 3.43. The van der Waals surface area contributed by atoms with E-state index in [0.717, 1.165) is 5.56 Å². The monoisotopic (exact) mass is 243 g/mol. The molecule has 0 saturated heterocycles. The standard InChI is InChI=1S/C13H19ClFN/c1-8(2)11(7-16)13(15)10-5-4-9(3)12(14)6-10/h4-6,8,11,13H,7,16H2,1-3H3. The minimum Gasteiger partial charge on any atom is -0.330 e. The van der Waals surface area contributed by atoms with Crippen LogP contribution in [0, 0.1) is 18.8 Å². The molecule has 0 saturated carbocycles. The van der Waals surface area contributed by atoms with Gasteiger partial charge in [0.25, 0.3) is 0 Å². The van der Waals surface area contributed by atoms with Crippen LogP contribution in [0.4, 0.5) is 4.39 Å². The highest BCUT2D eigenvalue weighted by molar-refractivity contribution is 6.31. The van der Waals surface area contributed by atoms with Gasteiger partial charge in [-0.05, 0) is 36.6 Å². The van der Waals surface area contributed by atoms with Gasteiger partial charge in [0, 0.05) is 10.9 Å². The molecule has 0 aliphatic heterocycles. The molecule has 0 aromatic heterocycles. The van der Waals surface area contributed by atoms with E-state index >= 15 is 0 Å². The lowest BCUT2D eigenvalue weighted by atomic mass is 9.87. The fraction of sp³-hybridized carbons (Fsp3) is 0.538. The number of nitrogens with two attached hydrogens (primary N) is 1. The van der Waals surface area contributed by atoms with Crippen molar-refractivity contribution in [3.05, 3.63) is 34.3 Å². The summed E-state index contributed by atoms with van der Waals surface area (Å²) >= 11 is 5.99. The molecule has 0 aliphatic carbocycles. The quantitative estimate of drug-likeness (QED) is 0.853. The summed E-state index contributed by atoms with van der Waals surface area (Å²) < 4.78 is 14.2. The summed E-state index contributed by atoms with van der Waals surface area (Å²) in [6.45, 7) is 6.23. The van der Waals surface area contributed by atoms with Crippen LogP contribution in [0.15, 0.2) is 18.2 Å². The van der Waals surface area contributed by atoms with Crippen LogP contribution in [-0.2, 0) is 0 Å². The van der Waals surface area contributed by atoms with Crippen molar-refractivity contribution in [2.45, 2.75) is 26.9 Å². The van der Waals surface area contributed by atoms with Gasteiger partial charge in [0.05, 0.1) is 0 Å². The predicted octanol–water partition coefficient (Wildman–Crippen LogP) is 3.89. The molecule has 0 amide bonds. The Kier molecular flexibility index (Phi) is 4.75. The molecule has 0 fully saturated rings. The zero-order valence-corrected chi connectivity index (χ0v) is 10.8. The van der Waals surface area contributed by atoms with E-state index in [4.69, 9.17) is 17.3 Å². The van der Waals surface area contributed by atoms with Gasteiger partial charge in [-0.3, -0.25) is 0 Å². The first-order valence-corrected chi connectivity index (χ1v) is 5.95. The fourth-order valence-corrected chi connectivity index (χ4v) is 1.95. The second-order valence-electron chi connectivity index (χ2n) is 4.55. The van der Waals surface area contributed by atoms with Gasteiger partial charge in [0.15, 0.2) is 0 Å². The van der Waals surface area contributed by atoms with Crippen LogP contribution >= 0.6 is 11.6 Å². The number of halogens is 2. The molecule has 1 aromatic rings. The Labute approximate surface area is 102 Å². The van der Waals surface area contributed by atoms with Crippen LogP contribution in [0.3, 0.4) is 0 Å². The normalized spacial score (nSPS) is 15.2. The van der Waals surface area contributed by atoms with Crippen LogP contribution in [0.1, 0.15) is 31.1 Å². The van der Waals surface area contributed by atoms with Crippen LogP contribution < -0.4 is 5.73 Å². The van der Waals surface area contributed by atoms with E-state index in [2.05, 4.69) is 0 Å². The topological polar surface area (TPSA) is 26.0 Å². The van der Waals surface area contributed by atoms with Crippen molar-refractivity contribution >= 4 is 11.6 Å². The molecule has 90 valence electrons. The summed E-state index contributed by atoms with van der Waals surface area (Å²) in [5.74, 6) is 0.0684. The van der Waals surface area contributed by atoms with Crippen molar-refractivity contribution in [2.24, 2.45) is 17.6 Å². The van der Waals surface area contributed by atoms with Gasteiger partial charge in [-0.25, -0.2) is 4.39 Å². The summed E-state index contributed by atoms with van der Waals surface area (Å²) in [6, 6.07) is 5.33. The molecule has 3 heteroatoms. The Hall–Kier alpha value is -0.600. The molecule has 0 aliphatic rings. The van der Waals surface area contributed by atoms with Gasteiger partial charge in [-0.2, -0.15) is 0 Å². The number of hydrogen-bond acceptors (Lipinski definition) is 1. The third kappa shape index (κ3) is 2.96. The van der Waals surface area contributed by atoms with Gasteiger partial charge < -0.3 is 5.73 Å². The summed E-state index contributed by atoms with van der Waals surface area (Å²) in [4.78, 5) is 0. The molecular weight excluding hydrogens is 225 g/mol. The zero-order chi connectivity index (χ0) is 12.3. The zero-order valence-electron chi connectivity index (χ0n) is 10.0. The van der Waals surface area contributed by atoms with Crippen LogP contribution in [0.2, 0.25) is 5.02 Å². The Morgan fingerprint density at radius 1 is 1.38 bits per heavy atom. The van der Waals surface area contributed by atoms with Crippen molar-refractivity contribution in [1.29, 1.82) is 0 Å². The predicted molar refractivity (Wildman–Crippen MR) is 67.4 cm³/mol. The first kappa shape index (κ1) is 13.5. The maximum atomic E-state index is 14.2. The lowest BCUT2D eigenvalue weighted by Crippen LogP contribution is -2.24. The molecule has 0 spiro atoms. The first-order chi connectivity index (χ1) is 7.47. The number of rotatable bonds is 4. The number of benzene rings is 1. The highest BCUT2D eigenvalue weighted by atomic mass is 35.5. The Bertz CT molecular complexity index is 352. The Balaban J connectivity index is 2.94. The fourth-order valence-electron chi connectivity index (χ4n) is 1.76. The van der Waals surface area contributed by atoms with Crippen molar-refractivity contribution in [3.63, 3.8) is 0 Å². The average molecular weight is 244 g/mol. The molecule has 1 nitrogen and oxygen atoms in total. The molecule has 0 radical (unpaired) electrons. The van der Waals surface area contributed by atoms with E-state index in [-0.39, 0.29) is 11.8 Å². The SMILES string of the molecule is Cc1ccc(C(F)C(CN)C(C)C)cc1Cl. The minimum atomic E-state index is -1.04. The Morgan fingerprint density at radius 3 is 2.44 bits per heavy atom. The lowest BCUT2D eigenvalue weighted by molar-refractivity contribution is 0.188. The maximum absolute atomic E-state index is 14.2. The third-order valence-electron chi connectivity index (χ3n) is 3.02. The van der Waals surface area contributed by atoms with E-state index in [1.54, 1.807) is 12.1 Å². The maximum Gasteiger partial charge on any atom is 0.129 e. The molecule has 2 N–H and O–H groups in total. The van der Waals surface area contributed by atoms with Crippen molar-refractivity contribution < 1.29 is 4.39 Å². The number of alkyl halides is 1. The molecule has 16 heavy (non-hydrogen) atoms. The molecular formula is C13H19ClFN. The molecule has 0 bridgehead atoms. The first-order valence-electron chi connectivity index (χ1n) is 5.57. The highest BCUT2D eigenvalue weighted by Crippen LogP contribution is 2.32. The summed E-state index contributed by atoms with van der Waals surface area (Å²) in [7, 11) is 0. The van der Waals surface area contributed by atoms with Gasteiger partial charge >= 0.3 is 0 Å². The summed E-state index contributed by atoms with van der Waals surface area (Å²) in [6.07, 6.45) is -1.04. The Morgan fingerprint density at radius 2 is 2.00 bits per heavy atom. The van der Waals surface area contributed by atoms with E-state index in [0.29, 0.717) is 17.1 Å². The summed E-state index contributed by atoms with van der Waals surface area (Å²) in [5, 5.41) is 0.611. The molecule has 2 atom stereocenters. The second kappa shape index (κ2) is 5.65. The lowest BCUT2D eigenvalue weighted by Gasteiger charge is -2.23. The molecule has 0 heterocycles. The number of hydrogen-bond donors (Lipinski definition) is 1. The number of aryl methyl sites for hydroxylation is 1. The minimum absolute atomic E-state index is 0.154. The van der Waals surface area contributed by atoms with Crippen molar-refractivity contribution in [2.75, 3.05) is 6.54 Å². The van der Waals surface area contributed by atoms with E-state index in [1.165, 1.54) is 0 Å². The average Bonchev–Trinajstić information content (AvgIpc) is 2.22. The second-order valence-corrected chi connectivity index (χ2v) is 4.96. The smallest absolute Gasteiger partial charge is 0.129 e. The largest absolute Gasteiger partial charge is 0.330 e. The van der Waals surface area contributed by atoms with Crippen molar-refractivity contribution in [1.82, 2.24) is 0 Å².